The standard InChI is InChI=1S/C22H16F2N2O4/c23-14-2-8-18(19(24)12-14)22(30)26-16-5-3-15(4-6-16)25-21(29)10-1-13-11-17(27)7-9-20(13)28/h1-12,27-28H,(H,25,29)(H,26,30). The fourth-order valence-corrected chi connectivity index (χ4v) is 2.53. The van der Waals surface area contributed by atoms with Crippen molar-refractivity contribution >= 4 is 29.3 Å². The smallest absolute Gasteiger partial charge is 0.258 e. The van der Waals surface area contributed by atoms with E-state index in [0.29, 0.717) is 17.4 Å². The first-order chi connectivity index (χ1) is 14.3. The molecule has 3 aromatic rings. The summed E-state index contributed by atoms with van der Waals surface area (Å²) in [6.07, 6.45) is 2.53. The third kappa shape index (κ3) is 5.20. The molecule has 0 aliphatic rings. The second-order valence-electron chi connectivity index (χ2n) is 6.22. The van der Waals surface area contributed by atoms with Gasteiger partial charge in [-0.25, -0.2) is 8.78 Å². The summed E-state index contributed by atoms with van der Waals surface area (Å²) < 4.78 is 26.6. The van der Waals surface area contributed by atoms with Gasteiger partial charge in [0.05, 0.1) is 5.56 Å². The number of phenolic OH excluding ortho intramolecular Hbond substituents is 2. The molecule has 3 rings (SSSR count). The SMILES string of the molecule is O=C(C=Cc1cc(O)ccc1O)Nc1ccc(NC(=O)c2ccc(F)cc2F)cc1. The van der Waals surface area contributed by atoms with Crippen molar-refractivity contribution in [2.75, 3.05) is 10.6 Å². The van der Waals surface area contributed by atoms with Gasteiger partial charge in [0.15, 0.2) is 0 Å². The number of amides is 2. The van der Waals surface area contributed by atoms with Crippen LogP contribution in [0.25, 0.3) is 6.08 Å². The van der Waals surface area contributed by atoms with E-state index in [9.17, 15) is 28.6 Å². The van der Waals surface area contributed by atoms with Crippen molar-refractivity contribution < 1.29 is 28.6 Å². The fraction of sp³-hybridized carbons (Fsp3) is 0. The van der Waals surface area contributed by atoms with E-state index in [2.05, 4.69) is 10.6 Å². The molecule has 0 saturated heterocycles. The van der Waals surface area contributed by atoms with Gasteiger partial charge in [-0.3, -0.25) is 9.59 Å². The van der Waals surface area contributed by atoms with Gasteiger partial charge in [0.25, 0.3) is 5.91 Å². The molecule has 0 spiro atoms. The van der Waals surface area contributed by atoms with E-state index in [4.69, 9.17) is 0 Å². The minimum Gasteiger partial charge on any atom is -0.508 e. The van der Waals surface area contributed by atoms with Crippen molar-refractivity contribution in [2.24, 2.45) is 0 Å². The summed E-state index contributed by atoms with van der Waals surface area (Å²) in [5, 5.41) is 24.2. The number of hydrogen-bond acceptors (Lipinski definition) is 4. The lowest BCUT2D eigenvalue weighted by atomic mass is 10.1. The Hall–Kier alpha value is -4.20. The van der Waals surface area contributed by atoms with Crippen LogP contribution in [0.5, 0.6) is 11.5 Å². The van der Waals surface area contributed by atoms with E-state index in [1.807, 2.05) is 0 Å². The van der Waals surface area contributed by atoms with E-state index < -0.39 is 23.4 Å². The number of anilines is 2. The topological polar surface area (TPSA) is 98.7 Å². The Kier molecular flexibility index (Phi) is 6.07. The zero-order chi connectivity index (χ0) is 21.7. The predicted molar refractivity (Wildman–Crippen MR) is 108 cm³/mol. The monoisotopic (exact) mass is 410 g/mol. The van der Waals surface area contributed by atoms with E-state index >= 15 is 0 Å². The predicted octanol–water partition coefficient (Wildman–Crippen LogP) is 4.28. The van der Waals surface area contributed by atoms with Gasteiger partial charge in [0, 0.05) is 29.1 Å². The molecule has 8 heteroatoms. The van der Waals surface area contributed by atoms with Gasteiger partial charge in [0.2, 0.25) is 5.91 Å². The summed E-state index contributed by atoms with van der Waals surface area (Å²) in [5.74, 6) is -3.11. The molecule has 0 atom stereocenters. The highest BCUT2D eigenvalue weighted by molar-refractivity contribution is 6.05. The third-order valence-electron chi connectivity index (χ3n) is 4.01. The van der Waals surface area contributed by atoms with Crippen molar-refractivity contribution in [3.8, 4) is 11.5 Å². The average molecular weight is 410 g/mol. The first kappa shape index (κ1) is 20.5. The Bertz CT molecular complexity index is 1130. The minimum atomic E-state index is -0.971. The van der Waals surface area contributed by atoms with Crippen molar-refractivity contribution in [1.82, 2.24) is 0 Å². The van der Waals surface area contributed by atoms with Gasteiger partial charge < -0.3 is 20.8 Å². The van der Waals surface area contributed by atoms with Crippen LogP contribution in [0.4, 0.5) is 20.2 Å². The molecule has 4 N–H and O–H groups in total. The van der Waals surface area contributed by atoms with Gasteiger partial charge in [-0.1, -0.05) is 0 Å². The minimum absolute atomic E-state index is 0.0500. The van der Waals surface area contributed by atoms with Crippen molar-refractivity contribution in [3.63, 3.8) is 0 Å². The highest BCUT2D eigenvalue weighted by Crippen LogP contribution is 2.23. The summed E-state index contributed by atoms with van der Waals surface area (Å²) >= 11 is 0. The van der Waals surface area contributed by atoms with Crippen LogP contribution in [0, 0.1) is 11.6 Å². The fourth-order valence-electron chi connectivity index (χ4n) is 2.53. The van der Waals surface area contributed by atoms with Crippen LogP contribution in [0.1, 0.15) is 15.9 Å². The van der Waals surface area contributed by atoms with Gasteiger partial charge >= 0.3 is 0 Å². The third-order valence-corrected chi connectivity index (χ3v) is 4.01. The maximum absolute atomic E-state index is 13.7. The Balaban J connectivity index is 1.61. The summed E-state index contributed by atoms with van der Waals surface area (Å²) in [7, 11) is 0. The number of phenols is 2. The Morgan fingerprint density at radius 3 is 2.17 bits per heavy atom. The van der Waals surface area contributed by atoms with E-state index in [1.165, 1.54) is 54.6 Å². The zero-order valence-electron chi connectivity index (χ0n) is 15.4. The normalized spacial score (nSPS) is 10.7. The maximum atomic E-state index is 13.7. The van der Waals surface area contributed by atoms with E-state index in [0.717, 1.165) is 12.1 Å². The number of rotatable bonds is 5. The molecule has 0 saturated carbocycles. The summed E-state index contributed by atoms with van der Waals surface area (Å²) in [5.41, 5.74) is 0.753. The molecule has 0 fully saturated rings. The van der Waals surface area contributed by atoms with E-state index in [1.54, 1.807) is 0 Å². The average Bonchev–Trinajstić information content (AvgIpc) is 2.70. The van der Waals surface area contributed by atoms with Crippen LogP contribution in [-0.2, 0) is 4.79 Å². The quantitative estimate of drug-likeness (QED) is 0.373. The number of hydrogen-bond donors (Lipinski definition) is 4. The molecule has 0 heterocycles. The van der Waals surface area contributed by atoms with Crippen LogP contribution in [0.3, 0.4) is 0 Å². The molecule has 30 heavy (non-hydrogen) atoms. The molecule has 3 aromatic carbocycles. The number of carbonyl (C=O) groups excluding carboxylic acids is 2. The molecular formula is C22H16F2N2O4. The molecular weight excluding hydrogens is 394 g/mol. The zero-order valence-corrected chi connectivity index (χ0v) is 15.4. The van der Waals surface area contributed by atoms with Crippen LogP contribution < -0.4 is 10.6 Å². The van der Waals surface area contributed by atoms with E-state index in [-0.39, 0.29) is 22.6 Å². The molecule has 0 aliphatic carbocycles. The largest absolute Gasteiger partial charge is 0.508 e. The summed E-state index contributed by atoms with van der Waals surface area (Å²) in [6, 6.07) is 12.6. The first-order valence-corrected chi connectivity index (χ1v) is 8.69. The molecule has 0 aromatic heterocycles. The van der Waals surface area contributed by atoms with Crippen molar-refractivity contribution in [1.29, 1.82) is 0 Å². The number of nitrogens with one attached hydrogen (secondary N) is 2. The number of carbonyl (C=O) groups is 2. The van der Waals surface area contributed by atoms with Crippen molar-refractivity contribution in [2.45, 2.75) is 0 Å². The molecule has 0 unspecified atom stereocenters. The number of halogens is 2. The van der Waals surface area contributed by atoms with Gasteiger partial charge in [-0.15, -0.1) is 0 Å². The van der Waals surface area contributed by atoms with Crippen LogP contribution in [-0.4, -0.2) is 22.0 Å². The van der Waals surface area contributed by atoms with Gasteiger partial charge in [-0.2, -0.15) is 0 Å². The Labute approximate surface area is 170 Å². The highest BCUT2D eigenvalue weighted by Gasteiger charge is 2.12. The van der Waals surface area contributed by atoms with Crippen LogP contribution in [0.15, 0.2) is 66.7 Å². The van der Waals surface area contributed by atoms with Gasteiger partial charge in [-0.05, 0) is 60.7 Å². The highest BCUT2D eigenvalue weighted by atomic mass is 19.1. The number of benzene rings is 3. The lowest BCUT2D eigenvalue weighted by Gasteiger charge is -2.08. The maximum Gasteiger partial charge on any atom is 0.258 e. The van der Waals surface area contributed by atoms with Crippen molar-refractivity contribution in [3.05, 3.63) is 89.5 Å². The molecule has 152 valence electrons. The molecule has 0 radical (unpaired) electrons. The lowest BCUT2D eigenvalue weighted by Crippen LogP contribution is -2.14. The summed E-state index contributed by atoms with van der Waals surface area (Å²) in [6.45, 7) is 0. The molecule has 6 nitrogen and oxygen atoms in total. The lowest BCUT2D eigenvalue weighted by molar-refractivity contribution is -0.111. The van der Waals surface area contributed by atoms with Crippen LogP contribution >= 0.6 is 0 Å². The Morgan fingerprint density at radius 2 is 1.50 bits per heavy atom. The first-order valence-electron chi connectivity index (χ1n) is 8.69. The Morgan fingerprint density at radius 1 is 0.833 bits per heavy atom. The molecule has 0 bridgehead atoms. The molecule has 0 aliphatic heterocycles. The molecule has 2 amide bonds. The van der Waals surface area contributed by atoms with Gasteiger partial charge in [0.1, 0.15) is 23.1 Å². The second kappa shape index (κ2) is 8.87. The summed E-state index contributed by atoms with van der Waals surface area (Å²) in [4.78, 5) is 24.1. The second-order valence-corrected chi connectivity index (χ2v) is 6.22. The van der Waals surface area contributed by atoms with Crippen LogP contribution in [0.2, 0.25) is 0 Å². The number of aromatic hydroxyl groups is 2.